The fourth-order valence-electron chi connectivity index (χ4n) is 1.20. The third kappa shape index (κ3) is 4.35. The molecule has 2 N–H and O–H groups in total. The van der Waals surface area contributed by atoms with Gasteiger partial charge in [-0.25, -0.2) is 4.79 Å². The molecule has 0 unspecified atom stereocenters. The minimum atomic E-state index is -0.405. The summed E-state index contributed by atoms with van der Waals surface area (Å²) in [4.78, 5) is 10.9. The van der Waals surface area contributed by atoms with Crippen molar-refractivity contribution in [2.45, 2.75) is 13.3 Å². The number of nitrogens with one attached hydrogen (secondary N) is 1. The van der Waals surface area contributed by atoms with Crippen LogP contribution in [0.15, 0.2) is 24.3 Å². The molecule has 4 nitrogen and oxygen atoms in total. The van der Waals surface area contributed by atoms with Crippen molar-refractivity contribution in [1.82, 2.24) is 5.32 Å². The summed E-state index contributed by atoms with van der Waals surface area (Å²) >= 11 is 0. The lowest BCUT2D eigenvalue weighted by Crippen LogP contribution is -2.26. The first-order valence-corrected chi connectivity index (χ1v) is 4.91. The third-order valence-corrected chi connectivity index (χ3v) is 1.87. The highest BCUT2D eigenvalue weighted by Gasteiger charge is 1.99. The van der Waals surface area contributed by atoms with Gasteiger partial charge < -0.3 is 15.2 Å². The summed E-state index contributed by atoms with van der Waals surface area (Å²) in [5.41, 5.74) is 0.979. The molecule has 4 heteroatoms. The number of rotatable bonds is 4. The van der Waals surface area contributed by atoms with Crippen LogP contribution in [0.4, 0.5) is 4.79 Å². The molecule has 0 aliphatic carbocycles. The Bertz CT molecular complexity index is 325. The van der Waals surface area contributed by atoms with Gasteiger partial charge in [-0.2, -0.15) is 0 Å². The highest BCUT2D eigenvalue weighted by molar-refractivity contribution is 5.67. The molecule has 0 fully saturated rings. The lowest BCUT2D eigenvalue weighted by Gasteiger charge is -2.05. The minimum absolute atomic E-state index is 0.239. The average Bonchev–Trinajstić information content (AvgIpc) is 2.18. The number of carbonyl (C=O) groups is 1. The molecule has 15 heavy (non-hydrogen) atoms. The van der Waals surface area contributed by atoms with Gasteiger partial charge in [0.05, 0.1) is 6.61 Å². The zero-order chi connectivity index (χ0) is 11.1. The lowest BCUT2D eigenvalue weighted by atomic mass is 10.1. The highest BCUT2D eigenvalue weighted by atomic mass is 16.5. The molecule has 1 rings (SSSR count). The molecule has 0 saturated carbocycles. The second-order valence-corrected chi connectivity index (χ2v) is 3.07. The Morgan fingerprint density at radius 2 is 2.33 bits per heavy atom. The van der Waals surface area contributed by atoms with Crippen LogP contribution in [0.5, 0.6) is 5.75 Å². The number of hydrogen-bond donors (Lipinski definition) is 2. The van der Waals surface area contributed by atoms with E-state index in [1.54, 1.807) is 25.1 Å². The van der Waals surface area contributed by atoms with E-state index in [1.807, 2.05) is 6.07 Å². The Balaban J connectivity index is 2.28. The van der Waals surface area contributed by atoms with Crippen molar-refractivity contribution in [3.8, 4) is 5.75 Å². The number of hydrogen-bond acceptors (Lipinski definition) is 3. The average molecular weight is 209 g/mol. The molecule has 1 amide bonds. The fraction of sp³-hybridized carbons (Fsp3) is 0.364. The first kappa shape index (κ1) is 11.4. The zero-order valence-electron chi connectivity index (χ0n) is 8.69. The van der Waals surface area contributed by atoms with E-state index in [0.29, 0.717) is 19.6 Å². The first-order chi connectivity index (χ1) is 7.22. The number of aromatic hydroxyl groups is 1. The Hall–Kier alpha value is -1.71. The van der Waals surface area contributed by atoms with Gasteiger partial charge in [-0.05, 0) is 31.0 Å². The summed E-state index contributed by atoms with van der Waals surface area (Å²) in [6, 6.07) is 6.96. The zero-order valence-corrected chi connectivity index (χ0v) is 8.69. The number of benzene rings is 1. The summed E-state index contributed by atoms with van der Waals surface area (Å²) < 4.78 is 4.70. The van der Waals surface area contributed by atoms with Crippen LogP contribution >= 0.6 is 0 Å². The predicted octanol–water partition coefficient (Wildman–Crippen LogP) is 1.68. The van der Waals surface area contributed by atoms with E-state index in [1.165, 1.54) is 0 Å². The van der Waals surface area contributed by atoms with Crippen LogP contribution in [-0.4, -0.2) is 24.4 Å². The number of carbonyl (C=O) groups excluding carboxylic acids is 1. The SMILES string of the molecule is CCOC(=O)NCCc1cccc(O)c1. The fourth-order valence-corrected chi connectivity index (χ4v) is 1.20. The standard InChI is InChI=1S/C11H15NO3/c1-2-15-11(14)12-7-6-9-4-3-5-10(13)8-9/h3-5,8,13H,2,6-7H2,1H3,(H,12,14). The Kier molecular flexibility index (Phi) is 4.47. The van der Waals surface area contributed by atoms with Gasteiger partial charge in [0.1, 0.15) is 5.75 Å². The highest BCUT2D eigenvalue weighted by Crippen LogP contribution is 2.10. The molecular weight excluding hydrogens is 194 g/mol. The molecule has 0 heterocycles. The van der Waals surface area contributed by atoms with Gasteiger partial charge >= 0.3 is 6.09 Å². The van der Waals surface area contributed by atoms with Crippen molar-refractivity contribution in [3.63, 3.8) is 0 Å². The van der Waals surface area contributed by atoms with E-state index in [0.717, 1.165) is 5.56 Å². The van der Waals surface area contributed by atoms with Gasteiger partial charge in [0.25, 0.3) is 0 Å². The van der Waals surface area contributed by atoms with Gasteiger partial charge in [-0.1, -0.05) is 12.1 Å². The second-order valence-electron chi connectivity index (χ2n) is 3.07. The van der Waals surface area contributed by atoms with Crippen LogP contribution in [0.1, 0.15) is 12.5 Å². The molecule has 0 aromatic heterocycles. The Labute approximate surface area is 88.9 Å². The molecule has 0 bridgehead atoms. The third-order valence-electron chi connectivity index (χ3n) is 1.87. The van der Waals surface area contributed by atoms with Crippen LogP contribution in [0.2, 0.25) is 0 Å². The van der Waals surface area contributed by atoms with Crippen LogP contribution in [-0.2, 0) is 11.2 Å². The Morgan fingerprint density at radius 3 is 3.00 bits per heavy atom. The first-order valence-electron chi connectivity index (χ1n) is 4.91. The van der Waals surface area contributed by atoms with Crippen molar-refractivity contribution >= 4 is 6.09 Å². The van der Waals surface area contributed by atoms with Gasteiger partial charge in [-0.15, -0.1) is 0 Å². The molecule has 0 aliphatic heterocycles. The number of phenols is 1. The minimum Gasteiger partial charge on any atom is -0.508 e. The van der Waals surface area contributed by atoms with E-state index >= 15 is 0 Å². The molecule has 0 atom stereocenters. The van der Waals surface area contributed by atoms with E-state index in [2.05, 4.69) is 5.32 Å². The van der Waals surface area contributed by atoms with Crippen molar-refractivity contribution in [2.24, 2.45) is 0 Å². The monoisotopic (exact) mass is 209 g/mol. The van der Waals surface area contributed by atoms with Crippen molar-refractivity contribution in [2.75, 3.05) is 13.2 Å². The Morgan fingerprint density at radius 1 is 1.53 bits per heavy atom. The maximum Gasteiger partial charge on any atom is 0.407 e. The van der Waals surface area contributed by atoms with Crippen molar-refractivity contribution < 1.29 is 14.6 Å². The smallest absolute Gasteiger partial charge is 0.407 e. The topological polar surface area (TPSA) is 58.6 Å². The molecule has 0 radical (unpaired) electrons. The quantitative estimate of drug-likeness (QED) is 0.793. The van der Waals surface area contributed by atoms with E-state index < -0.39 is 6.09 Å². The van der Waals surface area contributed by atoms with Gasteiger partial charge in [0.2, 0.25) is 0 Å². The van der Waals surface area contributed by atoms with Crippen LogP contribution in [0, 0.1) is 0 Å². The number of alkyl carbamates (subject to hydrolysis) is 1. The molecule has 0 saturated heterocycles. The number of amides is 1. The van der Waals surface area contributed by atoms with Crippen LogP contribution in [0.25, 0.3) is 0 Å². The summed E-state index contributed by atoms with van der Waals surface area (Å²) in [7, 11) is 0. The summed E-state index contributed by atoms with van der Waals surface area (Å²) in [6.07, 6.45) is 0.269. The molecule has 1 aromatic rings. The molecule has 0 spiro atoms. The molecule has 1 aromatic carbocycles. The van der Waals surface area contributed by atoms with E-state index in [4.69, 9.17) is 4.74 Å². The maximum absolute atomic E-state index is 10.9. The van der Waals surface area contributed by atoms with Gasteiger partial charge in [0.15, 0.2) is 0 Å². The molecular formula is C11H15NO3. The van der Waals surface area contributed by atoms with Gasteiger partial charge in [-0.3, -0.25) is 0 Å². The number of ether oxygens (including phenoxy) is 1. The summed E-state index contributed by atoms with van der Waals surface area (Å²) in [5.74, 6) is 0.239. The number of phenolic OH excluding ortho intramolecular Hbond substituents is 1. The maximum atomic E-state index is 10.9. The van der Waals surface area contributed by atoms with Gasteiger partial charge in [0, 0.05) is 6.54 Å². The van der Waals surface area contributed by atoms with E-state index in [9.17, 15) is 9.90 Å². The van der Waals surface area contributed by atoms with Crippen molar-refractivity contribution in [1.29, 1.82) is 0 Å². The largest absolute Gasteiger partial charge is 0.508 e. The van der Waals surface area contributed by atoms with Crippen LogP contribution < -0.4 is 5.32 Å². The van der Waals surface area contributed by atoms with Crippen LogP contribution in [0.3, 0.4) is 0 Å². The van der Waals surface area contributed by atoms with Crippen molar-refractivity contribution in [3.05, 3.63) is 29.8 Å². The van der Waals surface area contributed by atoms with E-state index in [-0.39, 0.29) is 5.75 Å². The molecule has 0 aliphatic rings. The normalized spacial score (nSPS) is 9.67. The summed E-state index contributed by atoms with van der Waals surface area (Å²) in [5, 5.41) is 11.8. The second kappa shape index (κ2) is 5.90. The summed E-state index contributed by atoms with van der Waals surface area (Å²) in [6.45, 7) is 2.63. The molecule has 82 valence electrons. The lowest BCUT2D eigenvalue weighted by molar-refractivity contribution is 0.152. The predicted molar refractivity (Wildman–Crippen MR) is 56.8 cm³/mol.